The summed E-state index contributed by atoms with van der Waals surface area (Å²) in [5, 5.41) is 0. The third-order valence-electron chi connectivity index (χ3n) is 6.61. The molecule has 2 saturated carbocycles. The molecule has 0 saturated heterocycles. The minimum atomic E-state index is -0.341. The molecule has 0 bridgehead atoms. The topological polar surface area (TPSA) is 51.6 Å². The molecule has 2 aliphatic carbocycles. The van der Waals surface area contributed by atoms with Crippen LogP contribution in [0, 0.1) is 12.7 Å². The second kappa shape index (κ2) is 8.21. The number of nitrogens with zero attached hydrogens (tertiary/aromatic N) is 4. The van der Waals surface area contributed by atoms with E-state index in [1.165, 1.54) is 31.7 Å². The van der Waals surface area contributed by atoms with E-state index in [4.69, 9.17) is 15.0 Å². The average molecular weight is 403 g/mol. The second-order valence-corrected chi connectivity index (χ2v) is 8.71. The van der Waals surface area contributed by atoms with Gasteiger partial charge in [0.15, 0.2) is 5.82 Å². The number of benzene rings is 1. The number of aromatic nitrogens is 4. The minimum Gasteiger partial charge on any atom is -0.252 e. The van der Waals surface area contributed by atoms with E-state index in [2.05, 4.69) is 4.98 Å². The number of halogens is 1. The van der Waals surface area contributed by atoms with Crippen LogP contribution in [0.25, 0.3) is 22.6 Å². The van der Waals surface area contributed by atoms with Gasteiger partial charge in [-0.25, -0.2) is 19.3 Å². The lowest BCUT2D eigenvalue weighted by molar-refractivity contribution is 0.610. The predicted octanol–water partition coefficient (Wildman–Crippen LogP) is 6.36. The van der Waals surface area contributed by atoms with E-state index in [0.29, 0.717) is 28.9 Å². The third-order valence-corrected chi connectivity index (χ3v) is 6.61. The molecule has 30 heavy (non-hydrogen) atoms. The molecule has 2 heterocycles. The van der Waals surface area contributed by atoms with Gasteiger partial charge in [0.2, 0.25) is 0 Å². The van der Waals surface area contributed by atoms with E-state index in [1.54, 1.807) is 6.20 Å². The van der Waals surface area contributed by atoms with Gasteiger partial charge in [-0.1, -0.05) is 49.9 Å². The van der Waals surface area contributed by atoms with Crippen LogP contribution >= 0.6 is 0 Å². The maximum Gasteiger partial charge on any atom is 0.165 e. The molecule has 0 unspecified atom stereocenters. The van der Waals surface area contributed by atoms with E-state index in [0.717, 1.165) is 48.5 Å². The minimum absolute atomic E-state index is 0.341. The van der Waals surface area contributed by atoms with Gasteiger partial charge in [-0.15, -0.1) is 0 Å². The fraction of sp³-hybridized carbons (Fsp3) is 0.440. The van der Waals surface area contributed by atoms with Gasteiger partial charge in [-0.05, 0) is 44.2 Å². The molecule has 0 spiro atoms. The van der Waals surface area contributed by atoms with Gasteiger partial charge < -0.3 is 0 Å². The van der Waals surface area contributed by atoms with Crippen LogP contribution in [0.3, 0.4) is 0 Å². The van der Waals surface area contributed by atoms with Crippen LogP contribution in [0.4, 0.5) is 4.39 Å². The lowest BCUT2D eigenvalue weighted by Gasteiger charge is -2.15. The molecule has 0 radical (unpaired) electrons. The zero-order valence-electron chi connectivity index (χ0n) is 17.4. The molecule has 0 atom stereocenters. The van der Waals surface area contributed by atoms with E-state index in [9.17, 15) is 0 Å². The number of aryl methyl sites for hydroxylation is 1. The van der Waals surface area contributed by atoms with Crippen molar-refractivity contribution in [2.75, 3.05) is 0 Å². The molecule has 2 aromatic heterocycles. The maximum atomic E-state index is 15.1. The Balaban J connectivity index is 1.55. The smallest absolute Gasteiger partial charge is 0.165 e. The zero-order valence-corrected chi connectivity index (χ0v) is 17.4. The van der Waals surface area contributed by atoms with Gasteiger partial charge in [0.25, 0.3) is 0 Å². The Labute approximate surface area is 177 Å². The van der Waals surface area contributed by atoms with Crippen molar-refractivity contribution in [3.05, 3.63) is 59.6 Å². The van der Waals surface area contributed by atoms with Crippen LogP contribution in [0.5, 0.6) is 0 Å². The first kappa shape index (κ1) is 19.3. The van der Waals surface area contributed by atoms with Gasteiger partial charge in [0.05, 0.1) is 0 Å². The molecule has 5 rings (SSSR count). The van der Waals surface area contributed by atoms with Crippen LogP contribution in [-0.4, -0.2) is 19.9 Å². The van der Waals surface area contributed by atoms with Crippen molar-refractivity contribution in [2.24, 2.45) is 0 Å². The first-order valence-corrected chi connectivity index (χ1v) is 11.2. The molecular weight excluding hydrogens is 375 g/mol. The predicted molar refractivity (Wildman–Crippen MR) is 116 cm³/mol. The van der Waals surface area contributed by atoms with Crippen molar-refractivity contribution in [3.8, 4) is 22.6 Å². The average Bonchev–Trinajstić information content (AvgIpc) is 3.48. The largest absolute Gasteiger partial charge is 0.252 e. The molecule has 154 valence electrons. The summed E-state index contributed by atoms with van der Waals surface area (Å²) in [6, 6.07) is 9.26. The zero-order chi connectivity index (χ0) is 20.5. The molecule has 0 aliphatic heterocycles. The highest BCUT2D eigenvalue weighted by atomic mass is 19.1. The number of rotatable bonds is 4. The van der Waals surface area contributed by atoms with Crippen molar-refractivity contribution in [3.63, 3.8) is 0 Å². The lowest BCUT2D eigenvalue weighted by atomic mass is 10.0. The summed E-state index contributed by atoms with van der Waals surface area (Å²) in [6.45, 7) is 1.97. The molecule has 4 nitrogen and oxygen atoms in total. The van der Waals surface area contributed by atoms with Gasteiger partial charge in [-0.2, -0.15) is 0 Å². The molecule has 1 aromatic carbocycles. The van der Waals surface area contributed by atoms with Gasteiger partial charge in [0, 0.05) is 29.2 Å². The summed E-state index contributed by atoms with van der Waals surface area (Å²) in [4.78, 5) is 18.9. The van der Waals surface area contributed by atoms with Crippen LogP contribution in [0.1, 0.15) is 80.4 Å². The Morgan fingerprint density at radius 3 is 2.00 bits per heavy atom. The third kappa shape index (κ3) is 3.73. The number of hydrogen-bond acceptors (Lipinski definition) is 4. The van der Waals surface area contributed by atoms with Crippen LogP contribution in [0.15, 0.2) is 36.5 Å². The van der Waals surface area contributed by atoms with Crippen LogP contribution < -0.4 is 0 Å². The van der Waals surface area contributed by atoms with E-state index in [1.807, 2.05) is 31.2 Å². The lowest BCUT2D eigenvalue weighted by Crippen LogP contribution is -2.11. The van der Waals surface area contributed by atoms with Gasteiger partial charge >= 0.3 is 0 Å². The maximum absolute atomic E-state index is 15.1. The Morgan fingerprint density at radius 1 is 0.833 bits per heavy atom. The number of pyridine rings is 1. The summed E-state index contributed by atoms with van der Waals surface area (Å²) in [6.07, 6.45) is 11.1. The standard InChI is InChI=1S/C25H27FN4/c1-16-8-2-7-13-20(16)22-21(26)14-19(15-27-22)25-29-23(17-9-3-4-10-17)28-24(30-25)18-11-5-6-12-18/h2,7-8,13-15,17-18H,3-6,9-12H2,1H3. The normalized spacial score (nSPS) is 17.7. The molecule has 0 N–H and O–H groups in total. The monoisotopic (exact) mass is 402 g/mol. The summed E-state index contributed by atoms with van der Waals surface area (Å²) in [7, 11) is 0. The van der Waals surface area contributed by atoms with E-state index in [-0.39, 0.29) is 5.82 Å². The molecule has 5 heteroatoms. The second-order valence-electron chi connectivity index (χ2n) is 8.71. The molecular formula is C25H27FN4. The summed E-state index contributed by atoms with van der Waals surface area (Å²) in [5.41, 5.74) is 2.82. The Hall–Kier alpha value is -2.69. The highest BCUT2D eigenvalue weighted by Gasteiger charge is 2.26. The van der Waals surface area contributed by atoms with E-state index < -0.39 is 0 Å². The summed E-state index contributed by atoms with van der Waals surface area (Å²) in [5.74, 6) is 2.81. The van der Waals surface area contributed by atoms with Crippen molar-refractivity contribution >= 4 is 0 Å². The molecule has 2 aliphatic rings. The van der Waals surface area contributed by atoms with Crippen LogP contribution in [-0.2, 0) is 0 Å². The fourth-order valence-electron chi connectivity index (χ4n) is 4.87. The Bertz CT molecular complexity index is 1020. The van der Waals surface area contributed by atoms with Gasteiger partial charge in [-0.3, -0.25) is 4.98 Å². The fourth-order valence-corrected chi connectivity index (χ4v) is 4.87. The van der Waals surface area contributed by atoms with Crippen molar-refractivity contribution in [1.82, 2.24) is 19.9 Å². The SMILES string of the molecule is Cc1ccccc1-c1ncc(-c2nc(C3CCCC3)nc(C3CCCC3)n2)cc1F. The Kier molecular flexibility index (Phi) is 5.28. The molecule has 2 fully saturated rings. The Morgan fingerprint density at radius 2 is 1.43 bits per heavy atom. The summed E-state index contributed by atoms with van der Waals surface area (Å²) < 4.78 is 15.1. The van der Waals surface area contributed by atoms with Gasteiger partial charge in [0.1, 0.15) is 23.2 Å². The highest BCUT2D eigenvalue weighted by Crippen LogP contribution is 2.36. The quantitative estimate of drug-likeness (QED) is 0.509. The number of hydrogen-bond donors (Lipinski definition) is 0. The first-order chi connectivity index (χ1) is 14.7. The summed E-state index contributed by atoms with van der Waals surface area (Å²) >= 11 is 0. The van der Waals surface area contributed by atoms with Crippen molar-refractivity contribution in [1.29, 1.82) is 0 Å². The molecule has 3 aromatic rings. The van der Waals surface area contributed by atoms with E-state index >= 15 is 4.39 Å². The van der Waals surface area contributed by atoms with Crippen LogP contribution in [0.2, 0.25) is 0 Å². The van der Waals surface area contributed by atoms with Crippen molar-refractivity contribution < 1.29 is 4.39 Å². The highest BCUT2D eigenvalue weighted by molar-refractivity contribution is 5.66. The van der Waals surface area contributed by atoms with Crippen molar-refractivity contribution in [2.45, 2.75) is 70.1 Å². The molecule has 0 amide bonds. The first-order valence-electron chi connectivity index (χ1n) is 11.2.